The highest BCUT2D eigenvalue weighted by Crippen LogP contribution is 2.16. The third-order valence-electron chi connectivity index (χ3n) is 3.20. The zero-order valence-corrected chi connectivity index (χ0v) is 11.6. The highest BCUT2D eigenvalue weighted by molar-refractivity contribution is 7.89. The molecule has 1 heterocycles. The minimum Gasteiger partial charge on any atom is -0.383 e. The third-order valence-corrected chi connectivity index (χ3v) is 5.32. The first-order chi connectivity index (χ1) is 8.10. The number of hydrogen-bond acceptors (Lipinski definition) is 4. The second-order valence-electron chi connectivity index (χ2n) is 4.46. The number of nitrogens with one attached hydrogen (secondary N) is 1. The van der Waals surface area contributed by atoms with E-state index in [9.17, 15) is 8.42 Å². The van der Waals surface area contributed by atoms with Gasteiger partial charge in [-0.3, -0.25) is 0 Å². The average molecular weight is 264 g/mol. The molecule has 0 spiro atoms. The van der Waals surface area contributed by atoms with Crippen LogP contribution in [0.2, 0.25) is 0 Å². The van der Waals surface area contributed by atoms with Crippen molar-refractivity contribution in [2.75, 3.05) is 45.6 Å². The summed E-state index contributed by atoms with van der Waals surface area (Å²) in [6.45, 7) is 5.18. The largest absolute Gasteiger partial charge is 0.383 e. The van der Waals surface area contributed by atoms with E-state index in [1.807, 2.05) is 6.92 Å². The normalized spacial score (nSPS) is 18.8. The van der Waals surface area contributed by atoms with Gasteiger partial charge in [-0.2, -0.15) is 4.31 Å². The van der Waals surface area contributed by atoms with E-state index in [2.05, 4.69) is 5.32 Å². The van der Waals surface area contributed by atoms with E-state index in [0.717, 1.165) is 25.9 Å². The molecule has 6 heteroatoms. The Morgan fingerprint density at radius 3 is 2.53 bits per heavy atom. The van der Waals surface area contributed by atoms with Crippen LogP contribution in [0.5, 0.6) is 0 Å². The standard InChI is InChI=1S/C11H24N2O3S/c1-3-13(8-9-16-2)17(14,15)10-11-4-6-12-7-5-11/h11-12H,3-10H2,1-2H3. The van der Waals surface area contributed by atoms with Crippen LogP contribution in [0.15, 0.2) is 0 Å². The summed E-state index contributed by atoms with van der Waals surface area (Å²) in [4.78, 5) is 0. The number of nitrogens with zero attached hydrogens (tertiary/aromatic N) is 1. The molecular formula is C11H24N2O3S. The fourth-order valence-corrected chi connectivity index (χ4v) is 4.02. The van der Waals surface area contributed by atoms with Gasteiger partial charge in [0.1, 0.15) is 0 Å². The fraction of sp³-hybridized carbons (Fsp3) is 1.00. The lowest BCUT2D eigenvalue weighted by Gasteiger charge is -2.26. The molecule has 1 aliphatic heterocycles. The maximum atomic E-state index is 12.2. The molecule has 0 radical (unpaired) electrons. The number of methoxy groups -OCH3 is 1. The van der Waals surface area contributed by atoms with E-state index < -0.39 is 10.0 Å². The van der Waals surface area contributed by atoms with Crippen molar-refractivity contribution in [1.82, 2.24) is 9.62 Å². The van der Waals surface area contributed by atoms with Crippen molar-refractivity contribution in [2.24, 2.45) is 5.92 Å². The van der Waals surface area contributed by atoms with Crippen LogP contribution in [0, 0.1) is 5.92 Å². The van der Waals surface area contributed by atoms with Gasteiger partial charge in [-0.1, -0.05) is 6.92 Å². The predicted octanol–water partition coefficient (Wildman–Crippen LogP) is 0.284. The second kappa shape index (κ2) is 7.31. The van der Waals surface area contributed by atoms with E-state index in [4.69, 9.17) is 4.74 Å². The summed E-state index contributed by atoms with van der Waals surface area (Å²) >= 11 is 0. The summed E-state index contributed by atoms with van der Waals surface area (Å²) in [6.07, 6.45) is 1.92. The van der Waals surface area contributed by atoms with Crippen LogP contribution in [0.25, 0.3) is 0 Å². The Hall–Kier alpha value is -0.170. The summed E-state index contributed by atoms with van der Waals surface area (Å²) < 4.78 is 30.8. The topological polar surface area (TPSA) is 58.6 Å². The van der Waals surface area contributed by atoms with Gasteiger partial charge in [0, 0.05) is 20.2 Å². The molecule has 1 N–H and O–H groups in total. The van der Waals surface area contributed by atoms with Crippen LogP contribution < -0.4 is 5.32 Å². The predicted molar refractivity (Wildman–Crippen MR) is 68.5 cm³/mol. The highest BCUT2D eigenvalue weighted by atomic mass is 32.2. The number of sulfonamides is 1. The Morgan fingerprint density at radius 2 is 2.00 bits per heavy atom. The van der Waals surface area contributed by atoms with Crippen molar-refractivity contribution in [3.8, 4) is 0 Å². The molecular weight excluding hydrogens is 240 g/mol. The quantitative estimate of drug-likeness (QED) is 0.718. The molecule has 1 fully saturated rings. The van der Waals surface area contributed by atoms with Crippen LogP contribution in [0.1, 0.15) is 19.8 Å². The monoisotopic (exact) mass is 264 g/mol. The van der Waals surface area contributed by atoms with Gasteiger partial charge in [0.2, 0.25) is 10.0 Å². The lowest BCUT2D eigenvalue weighted by Crippen LogP contribution is -2.39. The van der Waals surface area contributed by atoms with Crippen molar-refractivity contribution in [3.05, 3.63) is 0 Å². The molecule has 0 aromatic rings. The average Bonchev–Trinajstić information content (AvgIpc) is 2.30. The first-order valence-electron chi connectivity index (χ1n) is 6.27. The number of hydrogen-bond donors (Lipinski definition) is 1. The first-order valence-corrected chi connectivity index (χ1v) is 7.88. The van der Waals surface area contributed by atoms with Crippen molar-refractivity contribution in [3.63, 3.8) is 0 Å². The summed E-state index contributed by atoms with van der Waals surface area (Å²) in [6, 6.07) is 0. The van der Waals surface area contributed by atoms with Gasteiger partial charge in [-0.25, -0.2) is 8.42 Å². The summed E-state index contributed by atoms with van der Waals surface area (Å²) in [7, 11) is -1.53. The molecule has 17 heavy (non-hydrogen) atoms. The molecule has 1 rings (SSSR count). The minimum atomic E-state index is -3.12. The van der Waals surface area contributed by atoms with Gasteiger partial charge in [-0.15, -0.1) is 0 Å². The van der Waals surface area contributed by atoms with Crippen LogP contribution in [-0.4, -0.2) is 58.4 Å². The van der Waals surface area contributed by atoms with Crippen LogP contribution in [0.3, 0.4) is 0 Å². The van der Waals surface area contributed by atoms with Crippen molar-refractivity contribution in [1.29, 1.82) is 0 Å². The molecule has 5 nitrogen and oxygen atoms in total. The first kappa shape index (κ1) is 14.9. The minimum absolute atomic E-state index is 0.284. The van der Waals surface area contributed by atoms with Gasteiger partial charge in [-0.05, 0) is 31.8 Å². The third kappa shape index (κ3) is 4.91. The summed E-state index contributed by atoms with van der Waals surface area (Å²) in [5.41, 5.74) is 0. The smallest absolute Gasteiger partial charge is 0.214 e. The Morgan fingerprint density at radius 1 is 1.35 bits per heavy atom. The molecule has 0 aromatic carbocycles. The number of piperidine rings is 1. The van der Waals surface area contributed by atoms with Gasteiger partial charge in [0.05, 0.1) is 12.4 Å². The van der Waals surface area contributed by atoms with Crippen LogP contribution >= 0.6 is 0 Å². The van der Waals surface area contributed by atoms with E-state index in [-0.39, 0.29) is 5.75 Å². The maximum absolute atomic E-state index is 12.2. The maximum Gasteiger partial charge on any atom is 0.214 e. The lowest BCUT2D eigenvalue weighted by molar-refractivity contribution is 0.180. The van der Waals surface area contributed by atoms with Crippen LogP contribution in [-0.2, 0) is 14.8 Å². The SMILES string of the molecule is CCN(CCOC)S(=O)(=O)CC1CCNCC1. The van der Waals surface area contributed by atoms with Gasteiger partial charge in [0.25, 0.3) is 0 Å². The van der Waals surface area contributed by atoms with E-state index in [1.54, 1.807) is 7.11 Å². The number of ether oxygens (including phenoxy) is 1. The molecule has 0 unspecified atom stereocenters. The van der Waals surface area contributed by atoms with Crippen molar-refractivity contribution < 1.29 is 13.2 Å². The van der Waals surface area contributed by atoms with Crippen molar-refractivity contribution >= 4 is 10.0 Å². The molecule has 0 aliphatic carbocycles. The Balaban J connectivity index is 2.51. The van der Waals surface area contributed by atoms with Crippen LogP contribution in [0.4, 0.5) is 0 Å². The molecule has 0 aromatic heterocycles. The molecule has 0 atom stereocenters. The molecule has 0 amide bonds. The Labute approximate surface area is 105 Å². The van der Waals surface area contributed by atoms with E-state index in [1.165, 1.54) is 4.31 Å². The zero-order chi connectivity index (χ0) is 12.7. The van der Waals surface area contributed by atoms with Crippen molar-refractivity contribution in [2.45, 2.75) is 19.8 Å². The molecule has 0 bridgehead atoms. The summed E-state index contributed by atoms with van der Waals surface area (Å²) in [5, 5.41) is 3.25. The molecule has 1 aliphatic rings. The van der Waals surface area contributed by atoms with Gasteiger partial charge < -0.3 is 10.1 Å². The Kier molecular flexibility index (Phi) is 6.40. The highest BCUT2D eigenvalue weighted by Gasteiger charge is 2.25. The fourth-order valence-electron chi connectivity index (χ4n) is 2.14. The summed E-state index contributed by atoms with van der Waals surface area (Å²) in [5.74, 6) is 0.588. The van der Waals surface area contributed by atoms with E-state index in [0.29, 0.717) is 25.6 Å². The molecule has 1 saturated heterocycles. The molecule has 0 saturated carbocycles. The Bertz CT molecular complexity index is 300. The van der Waals surface area contributed by atoms with Gasteiger partial charge >= 0.3 is 0 Å². The second-order valence-corrected chi connectivity index (χ2v) is 6.47. The zero-order valence-electron chi connectivity index (χ0n) is 10.8. The van der Waals surface area contributed by atoms with E-state index >= 15 is 0 Å². The molecule has 102 valence electrons. The lowest BCUT2D eigenvalue weighted by atomic mass is 10.0. The number of likely N-dealkylation sites (N-methyl/N-ethyl adjacent to an activating group) is 1. The van der Waals surface area contributed by atoms with Gasteiger partial charge in [0.15, 0.2) is 0 Å². The number of rotatable bonds is 7.